The maximum atomic E-state index is 12.8. The fourth-order valence-corrected chi connectivity index (χ4v) is 4.24. The van der Waals surface area contributed by atoms with E-state index in [2.05, 4.69) is 5.32 Å². The predicted molar refractivity (Wildman–Crippen MR) is 72.4 cm³/mol. The minimum atomic E-state index is -4.56. The molecule has 1 N–H and O–H groups in total. The molecule has 1 aliphatic heterocycles. The number of rotatable bonds is 2. The molecule has 1 fully saturated rings. The van der Waals surface area contributed by atoms with Gasteiger partial charge in [-0.15, -0.1) is 0 Å². The van der Waals surface area contributed by atoms with Crippen LogP contribution in [0.1, 0.15) is 18.1 Å². The summed E-state index contributed by atoms with van der Waals surface area (Å²) >= 11 is 0. The topological polar surface area (TPSA) is 49.4 Å². The quantitative estimate of drug-likeness (QED) is 0.906. The molecule has 0 spiro atoms. The first-order chi connectivity index (χ1) is 9.64. The molecule has 0 radical (unpaired) electrons. The summed E-state index contributed by atoms with van der Waals surface area (Å²) in [7, 11) is -3.93. The second kappa shape index (κ2) is 5.58. The van der Waals surface area contributed by atoms with E-state index in [1.165, 1.54) is 17.3 Å². The van der Waals surface area contributed by atoms with Crippen molar-refractivity contribution >= 4 is 10.0 Å². The predicted octanol–water partition coefficient (Wildman–Crippen LogP) is 2.00. The summed E-state index contributed by atoms with van der Waals surface area (Å²) in [6.45, 7) is 4.45. The van der Waals surface area contributed by atoms with E-state index in [-0.39, 0.29) is 17.5 Å². The van der Waals surface area contributed by atoms with Crippen molar-refractivity contribution in [2.45, 2.75) is 31.0 Å². The molecule has 0 aliphatic carbocycles. The van der Waals surface area contributed by atoms with E-state index in [9.17, 15) is 21.6 Å². The first-order valence-electron chi connectivity index (χ1n) is 6.54. The van der Waals surface area contributed by atoms with Crippen LogP contribution in [0, 0.1) is 6.92 Å². The average Bonchev–Trinajstić information content (AvgIpc) is 2.37. The second-order valence-electron chi connectivity index (χ2n) is 5.15. The maximum absolute atomic E-state index is 12.8. The Balaban J connectivity index is 2.49. The Morgan fingerprint density at radius 2 is 2.00 bits per heavy atom. The largest absolute Gasteiger partial charge is 0.416 e. The van der Waals surface area contributed by atoms with Crippen LogP contribution in [0.3, 0.4) is 0 Å². The molecule has 1 aromatic rings. The summed E-state index contributed by atoms with van der Waals surface area (Å²) in [6, 6.07) is 2.52. The monoisotopic (exact) mass is 322 g/mol. The van der Waals surface area contributed by atoms with Gasteiger partial charge in [0.1, 0.15) is 0 Å². The highest BCUT2D eigenvalue weighted by atomic mass is 32.2. The van der Waals surface area contributed by atoms with E-state index in [0.29, 0.717) is 18.7 Å². The lowest BCUT2D eigenvalue weighted by molar-refractivity contribution is -0.137. The number of nitrogens with one attached hydrogen (secondary N) is 1. The highest BCUT2D eigenvalue weighted by Gasteiger charge is 2.35. The van der Waals surface area contributed by atoms with Crippen LogP contribution in [0.25, 0.3) is 0 Å². The fraction of sp³-hybridized carbons (Fsp3) is 0.538. The molecular formula is C13H17F3N2O2S. The molecule has 0 unspecified atom stereocenters. The van der Waals surface area contributed by atoms with Gasteiger partial charge >= 0.3 is 6.18 Å². The van der Waals surface area contributed by atoms with Crippen molar-refractivity contribution in [3.63, 3.8) is 0 Å². The third-order valence-corrected chi connectivity index (χ3v) is 5.70. The summed E-state index contributed by atoms with van der Waals surface area (Å²) in [5, 5.41) is 3.05. The Bertz CT molecular complexity index is 629. The van der Waals surface area contributed by atoms with Crippen LogP contribution in [0.15, 0.2) is 23.1 Å². The number of aryl methyl sites for hydroxylation is 1. The van der Waals surface area contributed by atoms with Gasteiger partial charge < -0.3 is 5.32 Å². The Labute approximate surface area is 122 Å². The number of piperazine rings is 1. The van der Waals surface area contributed by atoms with E-state index < -0.39 is 21.8 Å². The van der Waals surface area contributed by atoms with Crippen molar-refractivity contribution in [1.82, 2.24) is 9.62 Å². The van der Waals surface area contributed by atoms with Crippen molar-refractivity contribution in [2.75, 3.05) is 19.6 Å². The summed E-state index contributed by atoms with van der Waals surface area (Å²) in [5.74, 6) is 0. The zero-order chi connectivity index (χ0) is 15.8. The van der Waals surface area contributed by atoms with Crippen LogP contribution in [0.5, 0.6) is 0 Å². The van der Waals surface area contributed by atoms with Crippen LogP contribution in [0.4, 0.5) is 13.2 Å². The van der Waals surface area contributed by atoms with Gasteiger partial charge in [0.2, 0.25) is 10.0 Å². The summed E-state index contributed by atoms with van der Waals surface area (Å²) in [4.78, 5) is -0.272. The number of sulfonamides is 1. The normalized spacial score (nSPS) is 21.5. The van der Waals surface area contributed by atoms with Crippen molar-refractivity contribution in [3.8, 4) is 0 Å². The van der Waals surface area contributed by atoms with Gasteiger partial charge in [-0.2, -0.15) is 17.5 Å². The van der Waals surface area contributed by atoms with Crippen LogP contribution in [-0.4, -0.2) is 38.4 Å². The van der Waals surface area contributed by atoms with Gasteiger partial charge in [0.15, 0.2) is 0 Å². The summed E-state index contributed by atoms with van der Waals surface area (Å²) in [5.41, 5.74) is -0.636. The maximum Gasteiger partial charge on any atom is 0.416 e. The van der Waals surface area contributed by atoms with Gasteiger partial charge in [0, 0.05) is 25.7 Å². The second-order valence-corrected chi connectivity index (χ2v) is 7.01. The minimum Gasteiger partial charge on any atom is -0.314 e. The van der Waals surface area contributed by atoms with Crippen LogP contribution in [0.2, 0.25) is 0 Å². The molecule has 1 saturated heterocycles. The Kier molecular flexibility index (Phi) is 4.32. The molecule has 1 aliphatic rings. The zero-order valence-electron chi connectivity index (χ0n) is 11.7. The van der Waals surface area contributed by atoms with Crippen LogP contribution in [-0.2, 0) is 16.2 Å². The molecule has 1 aromatic carbocycles. The lowest BCUT2D eigenvalue weighted by Crippen LogP contribution is -2.52. The minimum absolute atomic E-state index is 0.249. The molecule has 2 rings (SSSR count). The number of alkyl halides is 3. The molecule has 0 saturated carbocycles. The zero-order valence-corrected chi connectivity index (χ0v) is 12.6. The van der Waals surface area contributed by atoms with Crippen molar-refractivity contribution < 1.29 is 21.6 Å². The summed E-state index contributed by atoms with van der Waals surface area (Å²) in [6.07, 6.45) is -4.56. The van der Waals surface area contributed by atoms with E-state index in [1.54, 1.807) is 6.92 Å². The highest BCUT2D eigenvalue weighted by Crippen LogP contribution is 2.33. The van der Waals surface area contributed by atoms with Crippen molar-refractivity contribution in [1.29, 1.82) is 0 Å². The Morgan fingerprint density at radius 1 is 1.33 bits per heavy atom. The van der Waals surface area contributed by atoms with Crippen molar-refractivity contribution in [3.05, 3.63) is 29.3 Å². The van der Waals surface area contributed by atoms with Gasteiger partial charge in [-0.25, -0.2) is 8.42 Å². The standard InChI is InChI=1S/C13H17F3N2O2S/c1-9-3-4-11(13(14,15)16)7-12(9)21(19,20)18-6-5-17-8-10(18)2/h3-4,7,10,17H,5-6,8H2,1-2H3/t10-/m1/s1. The van der Waals surface area contributed by atoms with Gasteiger partial charge in [-0.3, -0.25) is 0 Å². The number of benzene rings is 1. The molecular weight excluding hydrogens is 305 g/mol. The number of halogens is 3. The van der Waals surface area contributed by atoms with Gasteiger partial charge in [-0.1, -0.05) is 6.07 Å². The van der Waals surface area contributed by atoms with E-state index in [1.807, 2.05) is 0 Å². The smallest absolute Gasteiger partial charge is 0.314 e. The van der Waals surface area contributed by atoms with E-state index in [4.69, 9.17) is 0 Å². The number of hydrogen-bond acceptors (Lipinski definition) is 3. The molecule has 4 nitrogen and oxygen atoms in total. The molecule has 21 heavy (non-hydrogen) atoms. The lowest BCUT2D eigenvalue weighted by Gasteiger charge is -2.33. The number of hydrogen-bond donors (Lipinski definition) is 1. The van der Waals surface area contributed by atoms with Gasteiger partial charge in [-0.05, 0) is 31.5 Å². The number of nitrogens with zero attached hydrogens (tertiary/aromatic N) is 1. The average molecular weight is 322 g/mol. The van der Waals surface area contributed by atoms with E-state index >= 15 is 0 Å². The van der Waals surface area contributed by atoms with Gasteiger partial charge in [0.05, 0.1) is 10.5 Å². The third-order valence-electron chi connectivity index (χ3n) is 3.54. The Morgan fingerprint density at radius 3 is 2.57 bits per heavy atom. The third kappa shape index (κ3) is 3.22. The van der Waals surface area contributed by atoms with Crippen molar-refractivity contribution in [2.24, 2.45) is 0 Å². The molecule has 8 heteroatoms. The first kappa shape index (κ1) is 16.3. The molecule has 0 aromatic heterocycles. The van der Waals surface area contributed by atoms with Gasteiger partial charge in [0.25, 0.3) is 0 Å². The molecule has 1 heterocycles. The fourth-order valence-electron chi connectivity index (χ4n) is 2.36. The van der Waals surface area contributed by atoms with Crippen LogP contribution < -0.4 is 5.32 Å². The molecule has 118 valence electrons. The lowest BCUT2D eigenvalue weighted by atomic mass is 10.1. The Hall–Kier alpha value is -1.12. The summed E-state index contributed by atoms with van der Waals surface area (Å²) < 4.78 is 64.9. The molecule has 0 bridgehead atoms. The van der Waals surface area contributed by atoms with Crippen LogP contribution >= 0.6 is 0 Å². The first-order valence-corrected chi connectivity index (χ1v) is 7.98. The SMILES string of the molecule is Cc1ccc(C(F)(F)F)cc1S(=O)(=O)N1CCNC[C@H]1C. The van der Waals surface area contributed by atoms with E-state index in [0.717, 1.165) is 12.1 Å². The highest BCUT2D eigenvalue weighted by molar-refractivity contribution is 7.89. The molecule has 1 atom stereocenters. The molecule has 0 amide bonds.